The number of aryl methyl sites for hydroxylation is 1. The van der Waals surface area contributed by atoms with E-state index < -0.39 is 28.3 Å². The fraction of sp³-hybridized carbons (Fsp3) is 0.308. The molecule has 1 aliphatic carbocycles. The standard InChI is InChI=1S/C26H28N2O7S/c1-17-8-11-20(12-9-17)36(31,32)28-26(30)27-14-19-10-13-21-22(24(29)33-2)16-35-25(23(19)21)34-15-18-6-4-3-5-7-18/h3-12,16,21,23,25H,13-15H2,1-2H3,(H2,27,28,30)/t21-,23-,25-/m1/s1. The number of fused-ring (bicyclic) bond motifs is 1. The number of esters is 1. The summed E-state index contributed by atoms with van der Waals surface area (Å²) in [6.45, 7) is 2.19. The number of ether oxygens (including phenoxy) is 3. The molecule has 190 valence electrons. The second kappa shape index (κ2) is 11.0. The molecule has 2 aromatic carbocycles. The number of sulfonamides is 1. The fourth-order valence-corrected chi connectivity index (χ4v) is 5.26. The Balaban J connectivity index is 1.43. The van der Waals surface area contributed by atoms with E-state index in [-0.39, 0.29) is 23.3 Å². The minimum atomic E-state index is -4.02. The van der Waals surface area contributed by atoms with Gasteiger partial charge in [-0.3, -0.25) is 0 Å². The smallest absolute Gasteiger partial charge is 0.337 e. The van der Waals surface area contributed by atoms with E-state index in [9.17, 15) is 18.0 Å². The molecule has 0 bridgehead atoms. The monoisotopic (exact) mass is 512 g/mol. The zero-order chi connectivity index (χ0) is 25.7. The number of carbonyl (C=O) groups is 2. The molecule has 3 atom stereocenters. The second-order valence-electron chi connectivity index (χ2n) is 8.61. The highest BCUT2D eigenvalue weighted by molar-refractivity contribution is 7.90. The van der Waals surface area contributed by atoms with Crippen LogP contribution in [0.25, 0.3) is 0 Å². The number of amides is 2. The lowest BCUT2D eigenvalue weighted by molar-refractivity contribution is -0.160. The van der Waals surface area contributed by atoms with Crippen LogP contribution >= 0.6 is 0 Å². The summed E-state index contributed by atoms with van der Waals surface area (Å²) in [5.41, 5.74) is 3.03. The Kier molecular flexibility index (Phi) is 7.76. The number of allylic oxidation sites excluding steroid dienone is 1. The van der Waals surface area contributed by atoms with Crippen molar-refractivity contribution in [3.63, 3.8) is 0 Å². The number of urea groups is 1. The lowest BCUT2D eigenvalue weighted by Gasteiger charge is -2.35. The van der Waals surface area contributed by atoms with Crippen molar-refractivity contribution in [2.45, 2.75) is 31.1 Å². The SMILES string of the molecule is COC(=O)C1=CO[C@@H](OCc2ccccc2)[C@@H]2C(CNC(=O)NS(=O)(=O)c3ccc(C)cc3)=CC[C@H]12. The van der Waals surface area contributed by atoms with Crippen LogP contribution in [0.1, 0.15) is 17.5 Å². The maximum absolute atomic E-state index is 12.5. The molecule has 0 saturated carbocycles. The van der Waals surface area contributed by atoms with Gasteiger partial charge in [-0.25, -0.2) is 22.7 Å². The molecule has 2 amide bonds. The Morgan fingerprint density at radius 3 is 2.50 bits per heavy atom. The molecule has 0 fully saturated rings. The lowest BCUT2D eigenvalue weighted by Crippen LogP contribution is -2.43. The van der Waals surface area contributed by atoms with Gasteiger partial charge in [0.1, 0.15) is 0 Å². The van der Waals surface area contributed by atoms with Crippen molar-refractivity contribution in [2.75, 3.05) is 13.7 Å². The topological polar surface area (TPSA) is 120 Å². The third-order valence-corrected chi connectivity index (χ3v) is 7.55. The highest BCUT2D eigenvalue weighted by Gasteiger charge is 2.44. The number of carbonyl (C=O) groups excluding carboxylic acids is 2. The van der Waals surface area contributed by atoms with Crippen LogP contribution in [0.3, 0.4) is 0 Å². The van der Waals surface area contributed by atoms with E-state index in [4.69, 9.17) is 14.2 Å². The predicted octanol–water partition coefficient (Wildman–Crippen LogP) is 3.18. The molecule has 0 saturated heterocycles. The molecule has 2 aromatic rings. The second-order valence-corrected chi connectivity index (χ2v) is 10.3. The van der Waals surface area contributed by atoms with Gasteiger partial charge in [-0.15, -0.1) is 0 Å². The first kappa shape index (κ1) is 25.5. The van der Waals surface area contributed by atoms with Gasteiger partial charge >= 0.3 is 12.0 Å². The summed E-state index contributed by atoms with van der Waals surface area (Å²) >= 11 is 0. The lowest BCUT2D eigenvalue weighted by atomic mass is 9.83. The minimum absolute atomic E-state index is 0.00805. The van der Waals surface area contributed by atoms with E-state index in [0.717, 1.165) is 16.7 Å². The van der Waals surface area contributed by atoms with Crippen LogP contribution in [-0.4, -0.2) is 40.4 Å². The van der Waals surface area contributed by atoms with Crippen molar-refractivity contribution in [1.82, 2.24) is 10.0 Å². The van der Waals surface area contributed by atoms with Crippen molar-refractivity contribution in [3.05, 3.63) is 89.2 Å². The molecule has 2 N–H and O–H groups in total. The molecule has 0 radical (unpaired) electrons. The summed E-state index contributed by atoms with van der Waals surface area (Å²) in [6.07, 6.45) is 3.13. The Bertz CT molecular complexity index is 1270. The maximum atomic E-state index is 12.5. The summed E-state index contributed by atoms with van der Waals surface area (Å²) in [4.78, 5) is 24.7. The highest BCUT2D eigenvalue weighted by atomic mass is 32.2. The third-order valence-electron chi connectivity index (χ3n) is 6.21. The Morgan fingerprint density at radius 1 is 1.08 bits per heavy atom. The summed E-state index contributed by atoms with van der Waals surface area (Å²) in [6, 6.07) is 14.9. The molecule has 10 heteroatoms. The molecule has 0 spiro atoms. The molecule has 36 heavy (non-hydrogen) atoms. The van der Waals surface area contributed by atoms with E-state index in [2.05, 4.69) is 5.32 Å². The van der Waals surface area contributed by atoms with Gasteiger partial charge in [-0.05, 0) is 36.6 Å². The van der Waals surface area contributed by atoms with Gasteiger partial charge in [-0.2, -0.15) is 0 Å². The zero-order valence-corrected chi connectivity index (χ0v) is 20.8. The van der Waals surface area contributed by atoms with Gasteiger partial charge in [-0.1, -0.05) is 54.1 Å². The van der Waals surface area contributed by atoms with Gasteiger partial charge in [0.15, 0.2) is 0 Å². The van der Waals surface area contributed by atoms with Crippen molar-refractivity contribution < 1.29 is 32.2 Å². The van der Waals surface area contributed by atoms with Gasteiger partial charge in [0.25, 0.3) is 10.0 Å². The van der Waals surface area contributed by atoms with Crippen LogP contribution in [0.2, 0.25) is 0 Å². The van der Waals surface area contributed by atoms with Crippen LogP contribution in [0.5, 0.6) is 0 Å². The van der Waals surface area contributed by atoms with Crippen LogP contribution < -0.4 is 10.0 Å². The summed E-state index contributed by atoms with van der Waals surface area (Å²) in [5, 5.41) is 2.60. The summed E-state index contributed by atoms with van der Waals surface area (Å²) in [7, 11) is -2.71. The van der Waals surface area contributed by atoms with Gasteiger partial charge < -0.3 is 19.5 Å². The summed E-state index contributed by atoms with van der Waals surface area (Å²) < 4.78 is 43.8. The molecule has 0 unspecified atom stereocenters. The quantitative estimate of drug-likeness (QED) is 0.412. The molecule has 0 aromatic heterocycles. The first-order valence-corrected chi connectivity index (χ1v) is 12.9. The van der Waals surface area contributed by atoms with E-state index in [1.165, 1.54) is 25.5 Å². The summed E-state index contributed by atoms with van der Waals surface area (Å²) in [5.74, 6) is -1.10. The number of benzene rings is 2. The first-order valence-electron chi connectivity index (χ1n) is 11.4. The van der Waals surface area contributed by atoms with Crippen molar-refractivity contribution >= 4 is 22.0 Å². The van der Waals surface area contributed by atoms with Crippen LogP contribution in [0, 0.1) is 18.8 Å². The van der Waals surface area contributed by atoms with Crippen LogP contribution in [0.15, 0.2) is 83.0 Å². The van der Waals surface area contributed by atoms with Crippen molar-refractivity contribution in [3.8, 4) is 0 Å². The Labute approximate surface area is 210 Å². The average Bonchev–Trinajstić information content (AvgIpc) is 3.30. The third kappa shape index (κ3) is 5.77. The van der Waals surface area contributed by atoms with Crippen molar-refractivity contribution in [1.29, 1.82) is 0 Å². The van der Waals surface area contributed by atoms with E-state index in [1.54, 1.807) is 12.1 Å². The Hall–Kier alpha value is -3.63. The molecule has 2 aliphatic rings. The number of hydrogen-bond donors (Lipinski definition) is 2. The largest absolute Gasteiger partial charge is 0.471 e. The van der Waals surface area contributed by atoms with Gasteiger partial charge in [0, 0.05) is 12.5 Å². The molecule has 1 heterocycles. The normalized spacial score (nSPS) is 20.9. The van der Waals surface area contributed by atoms with Crippen LogP contribution in [0.4, 0.5) is 4.79 Å². The minimum Gasteiger partial charge on any atom is -0.471 e. The van der Waals surface area contributed by atoms with E-state index >= 15 is 0 Å². The van der Waals surface area contributed by atoms with Gasteiger partial charge in [0.2, 0.25) is 6.29 Å². The molecule has 4 rings (SSSR count). The molecule has 9 nitrogen and oxygen atoms in total. The number of hydrogen-bond acceptors (Lipinski definition) is 7. The number of nitrogens with one attached hydrogen (secondary N) is 2. The number of methoxy groups -OCH3 is 1. The molecular formula is C26H28N2O7S. The molecule has 1 aliphatic heterocycles. The van der Waals surface area contributed by atoms with Crippen LogP contribution in [-0.2, 0) is 35.6 Å². The number of rotatable bonds is 8. The fourth-order valence-electron chi connectivity index (χ4n) is 4.34. The predicted molar refractivity (Wildman–Crippen MR) is 131 cm³/mol. The maximum Gasteiger partial charge on any atom is 0.337 e. The Morgan fingerprint density at radius 2 is 1.81 bits per heavy atom. The zero-order valence-electron chi connectivity index (χ0n) is 20.0. The first-order chi connectivity index (χ1) is 17.3. The highest BCUT2D eigenvalue weighted by Crippen LogP contribution is 2.43. The van der Waals surface area contributed by atoms with Crippen molar-refractivity contribution in [2.24, 2.45) is 11.8 Å². The van der Waals surface area contributed by atoms with Gasteiger partial charge in [0.05, 0.1) is 36.4 Å². The molecular weight excluding hydrogens is 484 g/mol. The van der Waals surface area contributed by atoms with E-state index in [0.29, 0.717) is 18.6 Å². The van der Waals surface area contributed by atoms with E-state index in [1.807, 2.05) is 48.1 Å². The average molecular weight is 513 g/mol.